The third-order valence-corrected chi connectivity index (χ3v) is 3.22. The molecule has 0 atom stereocenters. The number of hydrogen-bond acceptors (Lipinski definition) is 7. The Kier molecular flexibility index (Phi) is 7.12. The highest BCUT2D eigenvalue weighted by Gasteiger charge is 2.20. The Morgan fingerprint density at radius 3 is 2.04 bits per heavy atom. The second-order valence-corrected chi connectivity index (χ2v) is 5.22. The Morgan fingerprint density at radius 2 is 1.61 bits per heavy atom. The van der Waals surface area contributed by atoms with Gasteiger partial charge in [-0.3, -0.25) is 4.89 Å². The molecule has 0 aliphatic carbocycles. The fourth-order valence-electron chi connectivity index (χ4n) is 1.64. The topological polar surface area (TPSA) is 72.5 Å². The number of carbonyl (C=O) groups is 1. The molecule has 0 heterocycles. The van der Waals surface area contributed by atoms with Crippen LogP contribution in [-0.4, -0.2) is 40.0 Å². The summed E-state index contributed by atoms with van der Waals surface area (Å²) >= 11 is 0. The van der Waals surface area contributed by atoms with Crippen molar-refractivity contribution in [2.75, 3.05) is 28.4 Å². The molecule has 1 aromatic carbocycles. The Balaban J connectivity index is 2.73. The summed E-state index contributed by atoms with van der Waals surface area (Å²) < 4.78 is 20.8. The molecule has 129 valence electrons. The smallest absolute Gasteiger partial charge is 0.373 e. The van der Waals surface area contributed by atoms with Crippen LogP contribution in [0.5, 0.6) is 17.2 Å². The molecular formula is C16H23O7. The number of ether oxygens (including phenoxy) is 4. The number of hydrogen-bond donors (Lipinski definition) is 0. The summed E-state index contributed by atoms with van der Waals surface area (Å²) in [5.41, 5.74) is -0.196. The minimum absolute atomic E-state index is 0.207. The molecule has 7 heteroatoms. The Morgan fingerprint density at radius 1 is 1.04 bits per heavy atom. The summed E-state index contributed by atoms with van der Waals surface area (Å²) in [5.74, 6) is 0.406. The first-order valence-corrected chi connectivity index (χ1v) is 6.93. The van der Waals surface area contributed by atoms with Crippen molar-refractivity contribution in [3.05, 3.63) is 24.3 Å². The molecule has 0 saturated carbocycles. The normalized spacial score (nSPS) is 11.0. The van der Waals surface area contributed by atoms with Gasteiger partial charge in [0, 0.05) is 13.5 Å². The predicted octanol–water partition coefficient (Wildman–Crippen LogP) is 2.78. The van der Waals surface area contributed by atoms with E-state index in [0.717, 1.165) is 0 Å². The van der Waals surface area contributed by atoms with E-state index in [9.17, 15) is 4.79 Å². The average molecular weight is 327 g/mol. The molecule has 0 N–H and O–H groups in total. The van der Waals surface area contributed by atoms with Gasteiger partial charge in [-0.1, -0.05) is 0 Å². The minimum Gasteiger partial charge on any atom is -0.493 e. The lowest BCUT2D eigenvalue weighted by Crippen LogP contribution is -2.22. The number of benzene rings is 1. The molecule has 1 rings (SSSR count). The van der Waals surface area contributed by atoms with Crippen molar-refractivity contribution in [3.63, 3.8) is 0 Å². The quantitative estimate of drug-likeness (QED) is 0.392. The van der Waals surface area contributed by atoms with Gasteiger partial charge >= 0.3 is 5.97 Å². The summed E-state index contributed by atoms with van der Waals surface area (Å²) in [6.07, 6.45) is 0.450. The van der Waals surface area contributed by atoms with E-state index in [1.165, 1.54) is 40.1 Å². The van der Waals surface area contributed by atoms with Crippen LogP contribution in [0, 0.1) is 6.61 Å². The van der Waals surface area contributed by atoms with E-state index >= 15 is 0 Å². The van der Waals surface area contributed by atoms with Gasteiger partial charge in [0.2, 0.25) is 5.75 Å². The third kappa shape index (κ3) is 5.30. The lowest BCUT2D eigenvalue weighted by atomic mass is 10.1. The van der Waals surface area contributed by atoms with E-state index in [1.807, 2.05) is 13.8 Å². The molecule has 0 aliphatic heterocycles. The lowest BCUT2D eigenvalue weighted by molar-refractivity contribution is -0.218. The zero-order chi connectivity index (χ0) is 17.5. The Labute approximate surface area is 136 Å². The van der Waals surface area contributed by atoms with Crippen LogP contribution in [0.25, 0.3) is 0 Å². The molecule has 1 aromatic rings. The highest BCUT2D eigenvalue weighted by molar-refractivity contribution is 5.90. The van der Waals surface area contributed by atoms with Crippen molar-refractivity contribution in [1.29, 1.82) is 0 Å². The van der Waals surface area contributed by atoms with Crippen molar-refractivity contribution in [2.45, 2.75) is 25.9 Å². The lowest BCUT2D eigenvalue weighted by Gasteiger charge is -2.21. The molecule has 0 aromatic heterocycles. The van der Waals surface area contributed by atoms with Gasteiger partial charge in [-0.25, -0.2) is 4.79 Å². The van der Waals surface area contributed by atoms with Crippen LogP contribution in [-0.2, 0) is 14.5 Å². The van der Waals surface area contributed by atoms with E-state index in [0.29, 0.717) is 23.7 Å². The van der Waals surface area contributed by atoms with Crippen LogP contribution in [0.15, 0.2) is 12.1 Å². The summed E-state index contributed by atoms with van der Waals surface area (Å²) in [7, 11) is 6.00. The van der Waals surface area contributed by atoms with Gasteiger partial charge in [0.25, 0.3) is 0 Å². The largest absolute Gasteiger partial charge is 0.493 e. The number of carbonyl (C=O) groups excluding carboxylic acids is 1. The standard InChI is InChI=1S/C16H23O7/c1-16(2,21-6)7-8-22-23-15(17)11-9-12(18-3)14(20-5)13(10-11)19-4/h8-10H,7H2,1-6H3. The number of rotatable bonds is 9. The van der Waals surface area contributed by atoms with Crippen molar-refractivity contribution in [3.8, 4) is 17.2 Å². The van der Waals surface area contributed by atoms with Gasteiger partial charge in [-0.15, -0.1) is 0 Å². The predicted molar refractivity (Wildman–Crippen MR) is 82.6 cm³/mol. The molecule has 0 fully saturated rings. The highest BCUT2D eigenvalue weighted by Crippen LogP contribution is 2.38. The zero-order valence-corrected chi connectivity index (χ0v) is 14.3. The third-order valence-electron chi connectivity index (χ3n) is 3.22. The summed E-state index contributed by atoms with van der Waals surface area (Å²) in [4.78, 5) is 21.6. The molecule has 0 spiro atoms. The minimum atomic E-state index is -0.685. The van der Waals surface area contributed by atoms with E-state index in [2.05, 4.69) is 0 Å². The molecular weight excluding hydrogens is 304 g/mol. The van der Waals surface area contributed by atoms with Gasteiger partial charge in [0.05, 0.1) is 32.5 Å². The summed E-state index contributed by atoms with van der Waals surface area (Å²) in [5, 5.41) is 0. The first-order valence-electron chi connectivity index (χ1n) is 6.93. The molecule has 0 saturated heterocycles. The molecule has 7 nitrogen and oxygen atoms in total. The molecule has 0 amide bonds. The first kappa shape index (κ1) is 19.1. The maximum absolute atomic E-state index is 12.0. The SMILES string of the molecule is COc1cc(C(=O)OO[CH]CC(C)(C)OC)cc(OC)c1OC. The number of methoxy groups -OCH3 is 4. The molecule has 0 unspecified atom stereocenters. The van der Waals surface area contributed by atoms with Gasteiger partial charge in [0.15, 0.2) is 11.5 Å². The maximum Gasteiger partial charge on any atom is 0.373 e. The fraction of sp³-hybridized carbons (Fsp3) is 0.500. The van der Waals surface area contributed by atoms with Gasteiger partial charge in [0.1, 0.15) is 6.61 Å². The van der Waals surface area contributed by atoms with E-state index < -0.39 is 11.6 Å². The molecule has 1 radical (unpaired) electrons. The van der Waals surface area contributed by atoms with E-state index in [-0.39, 0.29) is 5.56 Å². The Bertz CT molecular complexity index is 500. The van der Waals surface area contributed by atoms with E-state index in [1.54, 1.807) is 7.11 Å². The summed E-state index contributed by atoms with van der Waals surface area (Å²) in [6, 6.07) is 2.96. The van der Waals surface area contributed by atoms with E-state index in [4.69, 9.17) is 28.7 Å². The zero-order valence-electron chi connectivity index (χ0n) is 14.3. The van der Waals surface area contributed by atoms with Crippen LogP contribution in [0.2, 0.25) is 0 Å². The first-order chi connectivity index (χ1) is 10.9. The molecule has 0 aliphatic rings. The Hall–Kier alpha value is -1.99. The van der Waals surface area contributed by atoms with Crippen LogP contribution in [0.1, 0.15) is 30.6 Å². The van der Waals surface area contributed by atoms with Crippen molar-refractivity contribution in [2.24, 2.45) is 0 Å². The highest BCUT2D eigenvalue weighted by atomic mass is 17.2. The van der Waals surface area contributed by atoms with Crippen molar-refractivity contribution < 1.29 is 33.5 Å². The van der Waals surface area contributed by atoms with Gasteiger partial charge < -0.3 is 18.9 Å². The van der Waals surface area contributed by atoms with Crippen LogP contribution >= 0.6 is 0 Å². The van der Waals surface area contributed by atoms with Gasteiger partial charge in [-0.05, 0) is 26.0 Å². The van der Waals surface area contributed by atoms with Crippen LogP contribution in [0.4, 0.5) is 0 Å². The second-order valence-electron chi connectivity index (χ2n) is 5.22. The second kappa shape index (κ2) is 8.59. The van der Waals surface area contributed by atoms with Crippen molar-refractivity contribution in [1.82, 2.24) is 0 Å². The van der Waals surface area contributed by atoms with Gasteiger partial charge in [-0.2, -0.15) is 4.89 Å². The molecule has 0 bridgehead atoms. The molecule has 23 heavy (non-hydrogen) atoms. The fourth-order valence-corrected chi connectivity index (χ4v) is 1.64. The van der Waals surface area contributed by atoms with Crippen LogP contribution < -0.4 is 14.2 Å². The van der Waals surface area contributed by atoms with Crippen LogP contribution in [0.3, 0.4) is 0 Å². The maximum atomic E-state index is 12.0. The monoisotopic (exact) mass is 327 g/mol. The summed E-state index contributed by atoms with van der Waals surface area (Å²) in [6.45, 7) is 5.13. The average Bonchev–Trinajstić information content (AvgIpc) is 2.56. The van der Waals surface area contributed by atoms with Crippen molar-refractivity contribution >= 4 is 5.97 Å².